The van der Waals surface area contributed by atoms with Crippen LogP contribution in [-0.4, -0.2) is 26.6 Å². The maximum absolute atomic E-state index is 13.2. The van der Waals surface area contributed by atoms with Gasteiger partial charge < -0.3 is 4.57 Å². The first-order valence-corrected chi connectivity index (χ1v) is 10.4. The number of hydrogen-bond acceptors (Lipinski definition) is 2. The second kappa shape index (κ2) is 6.87. The average Bonchev–Trinajstić information content (AvgIpc) is 2.25. The summed E-state index contributed by atoms with van der Waals surface area (Å²) in [7, 11) is -3.58. The molecule has 19 heavy (non-hydrogen) atoms. The fourth-order valence-corrected chi connectivity index (χ4v) is 6.60. The van der Waals surface area contributed by atoms with E-state index in [0.29, 0.717) is 18.2 Å². The van der Waals surface area contributed by atoms with Crippen LogP contribution in [-0.2, 0) is 15.6 Å². The second-order valence-corrected chi connectivity index (χ2v) is 12.9. The molecule has 0 aliphatic rings. The minimum Gasteiger partial charge on any atom is -0.322 e. The molecule has 0 spiro atoms. The standard InChI is InChI=1S/C14H32NO2PS/c1-9-18(16,10-2)14(8,11-12(3)4)15-19(17)13(5,6)7/h12,15H,9-11H2,1-8H3/t14-,19+/m1/s1. The summed E-state index contributed by atoms with van der Waals surface area (Å²) in [5.41, 5.74) is 0. The molecule has 2 atom stereocenters. The lowest BCUT2D eigenvalue weighted by Crippen LogP contribution is -2.49. The molecule has 0 rings (SSSR count). The van der Waals surface area contributed by atoms with Gasteiger partial charge in [-0.3, -0.25) is 0 Å². The van der Waals surface area contributed by atoms with Crippen molar-refractivity contribution in [3.63, 3.8) is 0 Å². The summed E-state index contributed by atoms with van der Waals surface area (Å²) in [6, 6.07) is 0. The van der Waals surface area contributed by atoms with Gasteiger partial charge in [0.25, 0.3) is 0 Å². The molecule has 5 heteroatoms. The van der Waals surface area contributed by atoms with E-state index in [1.807, 2.05) is 41.5 Å². The monoisotopic (exact) mass is 309 g/mol. The maximum atomic E-state index is 13.2. The average molecular weight is 309 g/mol. The lowest BCUT2D eigenvalue weighted by atomic mass is 10.1. The van der Waals surface area contributed by atoms with Crippen molar-refractivity contribution in [2.24, 2.45) is 5.92 Å². The smallest absolute Gasteiger partial charge is 0.107 e. The van der Waals surface area contributed by atoms with Crippen molar-refractivity contribution in [2.45, 2.75) is 71.8 Å². The van der Waals surface area contributed by atoms with E-state index in [1.54, 1.807) is 0 Å². The van der Waals surface area contributed by atoms with Gasteiger partial charge >= 0.3 is 0 Å². The van der Waals surface area contributed by atoms with Crippen LogP contribution in [0.25, 0.3) is 0 Å². The molecule has 0 aromatic rings. The summed E-state index contributed by atoms with van der Waals surface area (Å²) >= 11 is 0. The predicted molar refractivity (Wildman–Crippen MR) is 87.6 cm³/mol. The van der Waals surface area contributed by atoms with Crippen LogP contribution in [0.4, 0.5) is 0 Å². The van der Waals surface area contributed by atoms with E-state index in [1.165, 1.54) is 0 Å². The van der Waals surface area contributed by atoms with Gasteiger partial charge in [0.1, 0.15) is 7.14 Å². The zero-order chi connectivity index (χ0) is 15.5. The van der Waals surface area contributed by atoms with Crippen molar-refractivity contribution < 1.29 is 8.77 Å². The van der Waals surface area contributed by atoms with Gasteiger partial charge in [-0.15, -0.1) is 0 Å². The second-order valence-electron chi connectivity index (χ2n) is 6.88. The van der Waals surface area contributed by atoms with Crippen LogP contribution in [0.15, 0.2) is 0 Å². The Labute approximate surface area is 122 Å². The van der Waals surface area contributed by atoms with E-state index in [0.717, 1.165) is 6.42 Å². The van der Waals surface area contributed by atoms with Crippen molar-refractivity contribution in [3.05, 3.63) is 0 Å². The van der Waals surface area contributed by atoms with Gasteiger partial charge in [0.2, 0.25) is 0 Å². The molecule has 0 fully saturated rings. The van der Waals surface area contributed by atoms with Crippen LogP contribution in [0, 0.1) is 5.92 Å². The molecule has 0 amide bonds. The van der Waals surface area contributed by atoms with E-state index in [9.17, 15) is 8.77 Å². The maximum Gasteiger partial charge on any atom is 0.107 e. The molecule has 1 N–H and O–H groups in total. The predicted octanol–water partition coefficient (Wildman–Crippen LogP) is 4.20. The van der Waals surface area contributed by atoms with Crippen molar-refractivity contribution in [1.82, 2.24) is 4.72 Å². The van der Waals surface area contributed by atoms with Crippen molar-refractivity contribution in [3.8, 4) is 0 Å². The first-order chi connectivity index (χ1) is 8.42. The Bertz CT molecular complexity index is 355. The number of rotatable bonds is 7. The minimum atomic E-state index is -2.38. The Morgan fingerprint density at radius 1 is 1.11 bits per heavy atom. The Kier molecular flexibility index (Phi) is 6.99. The molecule has 3 nitrogen and oxygen atoms in total. The summed E-state index contributed by atoms with van der Waals surface area (Å²) in [5, 5.41) is -0.539. The highest BCUT2D eigenvalue weighted by Crippen LogP contribution is 2.58. The van der Waals surface area contributed by atoms with Crippen LogP contribution < -0.4 is 4.72 Å². The fraction of sp³-hybridized carbons (Fsp3) is 1.00. The molecule has 0 bridgehead atoms. The van der Waals surface area contributed by atoms with Gasteiger partial charge in [0.05, 0.1) is 21.0 Å². The van der Waals surface area contributed by atoms with Gasteiger partial charge in [0.15, 0.2) is 0 Å². The lowest BCUT2D eigenvalue weighted by Gasteiger charge is -2.40. The molecule has 0 aromatic carbocycles. The van der Waals surface area contributed by atoms with Gasteiger partial charge in [-0.1, -0.05) is 27.7 Å². The van der Waals surface area contributed by atoms with Crippen molar-refractivity contribution in [2.75, 3.05) is 12.3 Å². The molecule has 0 heterocycles. The van der Waals surface area contributed by atoms with Gasteiger partial charge in [-0.2, -0.15) is 0 Å². The van der Waals surface area contributed by atoms with E-state index in [4.69, 9.17) is 0 Å². The van der Waals surface area contributed by atoms with Crippen LogP contribution in [0.3, 0.4) is 0 Å². The third kappa shape index (κ3) is 4.99. The van der Waals surface area contributed by atoms with Crippen LogP contribution >= 0.6 is 7.14 Å². The Morgan fingerprint density at radius 2 is 1.53 bits per heavy atom. The number of hydrogen-bond donors (Lipinski definition) is 1. The van der Waals surface area contributed by atoms with Gasteiger partial charge in [-0.05, 0) is 52.4 Å². The highest BCUT2D eigenvalue weighted by Gasteiger charge is 2.44. The Balaban J connectivity index is 5.43. The zero-order valence-corrected chi connectivity index (χ0v) is 15.6. The fourth-order valence-electron chi connectivity index (χ4n) is 2.36. The number of nitrogens with one attached hydrogen (secondary N) is 1. The van der Waals surface area contributed by atoms with Crippen LogP contribution in [0.2, 0.25) is 0 Å². The largest absolute Gasteiger partial charge is 0.322 e. The molecule has 0 radical (unpaired) electrons. The molecule has 0 saturated carbocycles. The SMILES string of the molecule is CCP(=O)(CC)[C@](C)(CC(C)C)N[S@@](=O)C(C)(C)C. The minimum absolute atomic E-state index is 0.343. The summed E-state index contributed by atoms with van der Waals surface area (Å²) in [6.45, 7) is 16.0. The van der Waals surface area contributed by atoms with Crippen molar-refractivity contribution in [1.29, 1.82) is 0 Å². The highest BCUT2D eigenvalue weighted by atomic mass is 32.2. The van der Waals surface area contributed by atoms with E-state index in [-0.39, 0.29) is 4.75 Å². The summed E-state index contributed by atoms with van der Waals surface area (Å²) in [6.07, 6.45) is 2.09. The van der Waals surface area contributed by atoms with E-state index < -0.39 is 23.4 Å². The molecule has 0 unspecified atom stereocenters. The van der Waals surface area contributed by atoms with Crippen molar-refractivity contribution >= 4 is 18.1 Å². The third-order valence-corrected chi connectivity index (χ3v) is 9.63. The van der Waals surface area contributed by atoms with Gasteiger partial charge in [0, 0.05) is 0 Å². The molecule has 0 aromatic heterocycles. The molecule has 0 aliphatic carbocycles. The molecule has 0 aliphatic heterocycles. The quantitative estimate of drug-likeness (QED) is 0.716. The topological polar surface area (TPSA) is 46.2 Å². The summed E-state index contributed by atoms with van der Waals surface area (Å²) in [5.74, 6) is 0.417. The summed E-state index contributed by atoms with van der Waals surface area (Å²) in [4.78, 5) is 0. The van der Waals surface area contributed by atoms with Crippen LogP contribution in [0.5, 0.6) is 0 Å². The van der Waals surface area contributed by atoms with E-state index >= 15 is 0 Å². The lowest BCUT2D eigenvalue weighted by molar-refractivity contribution is 0.423. The first-order valence-electron chi connectivity index (χ1n) is 7.19. The zero-order valence-electron chi connectivity index (χ0n) is 13.9. The van der Waals surface area contributed by atoms with Crippen LogP contribution in [0.1, 0.15) is 61.8 Å². The Morgan fingerprint density at radius 3 is 1.79 bits per heavy atom. The van der Waals surface area contributed by atoms with E-state index in [2.05, 4.69) is 18.6 Å². The molecule has 116 valence electrons. The third-order valence-electron chi connectivity index (χ3n) is 3.60. The Hall–Kier alpha value is 0.340. The molecular weight excluding hydrogens is 277 g/mol. The molecule has 0 saturated heterocycles. The normalized spacial score (nSPS) is 18.4. The highest BCUT2D eigenvalue weighted by molar-refractivity contribution is 7.85. The summed E-state index contributed by atoms with van der Waals surface area (Å²) < 4.78 is 28.5. The first kappa shape index (κ1) is 19.3. The molecular formula is C14H32NO2PS. The van der Waals surface area contributed by atoms with Gasteiger partial charge in [-0.25, -0.2) is 8.93 Å².